The number of ether oxygens (including phenoxy) is 1. The highest BCUT2D eigenvalue weighted by molar-refractivity contribution is 5.77. The Hall–Kier alpha value is -1.22. The van der Waals surface area contributed by atoms with Crippen LogP contribution in [0.5, 0.6) is 0 Å². The second kappa shape index (κ2) is 7.99. The molecule has 0 saturated carbocycles. The second-order valence-electron chi connectivity index (χ2n) is 3.19. The van der Waals surface area contributed by atoms with Crippen LogP contribution in [-0.2, 0) is 14.3 Å². The smallest absolute Gasteiger partial charge is 0.325 e. The molecule has 2 atom stereocenters. The van der Waals surface area contributed by atoms with E-state index in [1.54, 1.807) is 0 Å². The van der Waals surface area contributed by atoms with Crippen LogP contribution in [0.3, 0.4) is 0 Å². The number of aliphatic hydroxyl groups is 2. The SMILES string of the molecule is COC(=O)[C@@H](N)CO.C[C@](N)(CO)C(=O)O. The molecule has 0 aromatic heterocycles. The molecule has 0 fully saturated rings. The molecule has 8 heteroatoms. The van der Waals surface area contributed by atoms with E-state index in [4.69, 9.17) is 26.8 Å². The van der Waals surface area contributed by atoms with Gasteiger partial charge in [0.15, 0.2) is 0 Å². The van der Waals surface area contributed by atoms with Crippen LogP contribution in [0.15, 0.2) is 0 Å². The molecule has 0 aromatic rings. The van der Waals surface area contributed by atoms with Gasteiger partial charge in [0.2, 0.25) is 0 Å². The van der Waals surface area contributed by atoms with E-state index in [0.29, 0.717) is 0 Å². The minimum atomic E-state index is -1.49. The van der Waals surface area contributed by atoms with Gasteiger partial charge >= 0.3 is 11.9 Å². The number of carbonyl (C=O) groups is 2. The van der Waals surface area contributed by atoms with Crippen LogP contribution in [0.4, 0.5) is 0 Å². The van der Waals surface area contributed by atoms with Gasteiger partial charge in [0.1, 0.15) is 11.6 Å². The van der Waals surface area contributed by atoms with Gasteiger partial charge in [-0.3, -0.25) is 9.59 Å². The molecule has 8 nitrogen and oxygen atoms in total. The standard InChI is InChI=1S/2C4H9NO3/c1-4(5,2-6)3(7)8;1-8-4(7)3(5)2-6/h6H,2,5H2,1H3,(H,7,8);3,6H,2,5H2,1H3/t4-;3-/m00/s1. The minimum absolute atomic E-state index is 0.368. The van der Waals surface area contributed by atoms with Crippen molar-refractivity contribution in [2.24, 2.45) is 11.5 Å². The first-order valence-electron chi connectivity index (χ1n) is 4.30. The Morgan fingerprint density at radius 3 is 1.94 bits per heavy atom. The van der Waals surface area contributed by atoms with E-state index in [-0.39, 0.29) is 6.61 Å². The molecular formula is C8H18N2O6. The molecule has 0 aromatic carbocycles. The van der Waals surface area contributed by atoms with Gasteiger partial charge in [0.25, 0.3) is 0 Å². The lowest BCUT2D eigenvalue weighted by Gasteiger charge is -2.13. The van der Waals surface area contributed by atoms with Crippen molar-refractivity contribution in [2.75, 3.05) is 20.3 Å². The van der Waals surface area contributed by atoms with Gasteiger partial charge in [-0.1, -0.05) is 0 Å². The summed E-state index contributed by atoms with van der Waals surface area (Å²) >= 11 is 0. The molecule has 16 heavy (non-hydrogen) atoms. The van der Waals surface area contributed by atoms with Gasteiger partial charge in [-0.2, -0.15) is 0 Å². The molecule has 0 unspecified atom stereocenters. The van der Waals surface area contributed by atoms with Crippen LogP contribution in [0.1, 0.15) is 6.92 Å². The van der Waals surface area contributed by atoms with Crippen molar-refractivity contribution in [1.29, 1.82) is 0 Å². The first-order valence-corrected chi connectivity index (χ1v) is 4.30. The fourth-order valence-electron chi connectivity index (χ4n) is 0.294. The summed E-state index contributed by atoms with van der Waals surface area (Å²) in [6, 6.07) is -0.889. The number of nitrogens with two attached hydrogens (primary N) is 2. The van der Waals surface area contributed by atoms with Crippen LogP contribution in [0.2, 0.25) is 0 Å². The number of aliphatic hydroxyl groups excluding tert-OH is 2. The van der Waals surface area contributed by atoms with Gasteiger partial charge in [-0.05, 0) is 6.92 Å². The van der Waals surface area contributed by atoms with Crippen LogP contribution in [-0.4, -0.2) is 59.2 Å². The predicted octanol–water partition coefficient (Wildman–Crippen LogP) is -2.74. The molecule has 0 aliphatic heterocycles. The molecule has 0 aliphatic carbocycles. The molecule has 0 aliphatic rings. The number of methoxy groups -OCH3 is 1. The summed E-state index contributed by atoms with van der Waals surface area (Å²) in [7, 11) is 1.22. The monoisotopic (exact) mass is 238 g/mol. The summed E-state index contributed by atoms with van der Waals surface area (Å²) in [5, 5.41) is 24.6. The predicted molar refractivity (Wildman–Crippen MR) is 54.4 cm³/mol. The number of carboxylic acid groups (broad SMARTS) is 1. The topological polar surface area (TPSA) is 156 Å². The largest absolute Gasteiger partial charge is 0.480 e. The number of esters is 1. The van der Waals surface area contributed by atoms with E-state index in [1.807, 2.05) is 0 Å². The Bertz CT molecular complexity index is 229. The van der Waals surface area contributed by atoms with Gasteiger partial charge in [-0.25, -0.2) is 0 Å². The summed E-state index contributed by atoms with van der Waals surface area (Å²) in [5.41, 5.74) is 8.53. The number of carbonyl (C=O) groups excluding carboxylic acids is 1. The van der Waals surface area contributed by atoms with Gasteiger partial charge in [0.05, 0.1) is 20.3 Å². The molecule has 0 spiro atoms. The molecule has 0 amide bonds. The zero-order valence-corrected chi connectivity index (χ0v) is 9.21. The van der Waals surface area contributed by atoms with E-state index in [2.05, 4.69) is 4.74 Å². The quantitative estimate of drug-likeness (QED) is 0.330. The molecule has 7 N–H and O–H groups in total. The fraction of sp³-hybridized carbons (Fsp3) is 0.750. The van der Waals surface area contributed by atoms with Crippen molar-refractivity contribution in [3.05, 3.63) is 0 Å². The number of rotatable bonds is 4. The molecule has 0 bridgehead atoms. The Labute approximate surface area is 92.8 Å². The van der Waals surface area contributed by atoms with Crippen LogP contribution in [0.25, 0.3) is 0 Å². The average Bonchev–Trinajstić information content (AvgIpc) is 2.27. The molecule has 0 rings (SSSR count). The van der Waals surface area contributed by atoms with E-state index in [1.165, 1.54) is 14.0 Å². The lowest BCUT2D eigenvalue weighted by atomic mass is 10.1. The Morgan fingerprint density at radius 1 is 1.44 bits per heavy atom. The Balaban J connectivity index is 0. The zero-order valence-electron chi connectivity index (χ0n) is 9.21. The lowest BCUT2D eigenvalue weighted by Crippen LogP contribution is -2.48. The van der Waals surface area contributed by atoms with Crippen molar-refractivity contribution < 1.29 is 29.6 Å². The van der Waals surface area contributed by atoms with Gasteiger partial charge < -0.3 is 31.5 Å². The number of carboxylic acids is 1. The molecule has 96 valence electrons. The normalized spacial score (nSPS) is 15.1. The summed E-state index contributed by atoms with van der Waals surface area (Å²) in [6.07, 6.45) is 0. The third-order valence-corrected chi connectivity index (χ3v) is 1.52. The maximum absolute atomic E-state index is 10.2. The highest BCUT2D eigenvalue weighted by Crippen LogP contribution is 1.94. The highest BCUT2D eigenvalue weighted by atomic mass is 16.5. The summed E-state index contributed by atoms with van der Waals surface area (Å²) in [5.74, 6) is -1.78. The molecular weight excluding hydrogens is 220 g/mol. The van der Waals surface area contributed by atoms with Crippen molar-refractivity contribution in [2.45, 2.75) is 18.5 Å². The van der Waals surface area contributed by atoms with E-state index < -0.39 is 30.1 Å². The van der Waals surface area contributed by atoms with Crippen LogP contribution >= 0.6 is 0 Å². The van der Waals surface area contributed by atoms with Crippen molar-refractivity contribution in [3.63, 3.8) is 0 Å². The second-order valence-corrected chi connectivity index (χ2v) is 3.19. The third kappa shape index (κ3) is 7.12. The first kappa shape index (κ1) is 17.2. The van der Waals surface area contributed by atoms with E-state index in [0.717, 1.165) is 0 Å². The van der Waals surface area contributed by atoms with Crippen molar-refractivity contribution in [1.82, 2.24) is 0 Å². The molecule has 0 saturated heterocycles. The van der Waals surface area contributed by atoms with Crippen molar-refractivity contribution in [3.8, 4) is 0 Å². The molecule has 0 radical (unpaired) electrons. The Kier molecular flexibility index (Phi) is 8.58. The zero-order chi connectivity index (χ0) is 13.4. The minimum Gasteiger partial charge on any atom is -0.480 e. The average molecular weight is 238 g/mol. The van der Waals surface area contributed by atoms with Gasteiger partial charge in [0, 0.05) is 0 Å². The molecule has 0 heterocycles. The number of hydrogen-bond donors (Lipinski definition) is 5. The Morgan fingerprint density at radius 2 is 1.88 bits per heavy atom. The van der Waals surface area contributed by atoms with Crippen molar-refractivity contribution >= 4 is 11.9 Å². The van der Waals surface area contributed by atoms with Crippen LogP contribution < -0.4 is 11.5 Å². The first-order chi connectivity index (χ1) is 7.22. The summed E-state index contributed by atoms with van der Waals surface area (Å²) < 4.78 is 4.18. The maximum Gasteiger partial charge on any atom is 0.325 e. The number of aliphatic carboxylic acids is 1. The fourth-order valence-corrected chi connectivity index (χ4v) is 0.294. The van der Waals surface area contributed by atoms with Gasteiger partial charge in [-0.15, -0.1) is 0 Å². The summed E-state index contributed by atoms with van der Waals surface area (Å²) in [4.78, 5) is 20.2. The lowest BCUT2D eigenvalue weighted by molar-refractivity contribution is -0.144. The highest BCUT2D eigenvalue weighted by Gasteiger charge is 2.25. The van der Waals surface area contributed by atoms with Crippen LogP contribution in [0, 0.1) is 0 Å². The maximum atomic E-state index is 10.2. The number of hydrogen-bond acceptors (Lipinski definition) is 7. The summed E-state index contributed by atoms with van der Waals surface area (Å²) in [6.45, 7) is 0.338. The van der Waals surface area contributed by atoms with E-state index >= 15 is 0 Å². The third-order valence-electron chi connectivity index (χ3n) is 1.52. The van der Waals surface area contributed by atoms with E-state index in [9.17, 15) is 9.59 Å².